The van der Waals surface area contributed by atoms with E-state index in [2.05, 4.69) is 12.2 Å². The molecule has 0 heterocycles. The van der Waals surface area contributed by atoms with Gasteiger partial charge in [0.05, 0.1) is 6.10 Å². The fraction of sp³-hybridized carbons (Fsp3) is 0.500. The molecule has 1 aromatic carbocycles. The Labute approximate surface area is 90.8 Å². The Morgan fingerprint density at radius 3 is 2.33 bits per heavy atom. The van der Waals surface area contributed by atoms with Crippen molar-refractivity contribution in [1.29, 1.82) is 0 Å². The van der Waals surface area contributed by atoms with E-state index >= 15 is 0 Å². The standard InChI is InChI=1S/C12H19NO2/c1-9(14)7-8-13-10(2)11-3-5-12(15)6-4-11/h3-6,9-10,13-15H,7-8H2,1-2H3. The monoisotopic (exact) mass is 209 g/mol. The molecule has 0 amide bonds. The van der Waals surface area contributed by atoms with E-state index in [0.29, 0.717) is 0 Å². The molecule has 84 valence electrons. The molecule has 3 nitrogen and oxygen atoms in total. The molecular formula is C12H19NO2. The normalized spacial score (nSPS) is 14.9. The minimum absolute atomic E-state index is 0.240. The van der Waals surface area contributed by atoms with Crippen molar-refractivity contribution in [2.24, 2.45) is 0 Å². The van der Waals surface area contributed by atoms with Crippen LogP contribution in [0.5, 0.6) is 5.75 Å². The van der Waals surface area contributed by atoms with Crippen molar-refractivity contribution in [2.45, 2.75) is 32.4 Å². The number of benzene rings is 1. The highest BCUT2D eigenvalue weighted by Gasteiger charge is 2.04. The Hall–Kier alpha value is -1.06. The first-order valence-electron chi connectivity index (χ1n) is 5.30. The number of phenols is 1. The molecule has 3 heteroatoms. The first kappa shape index (κ1) is 12.0. The second-order valence-corrected chi connectivity index (χ2v) is 3.91. The van der Waals surface area contributed by atoms with Crippen molar-refractivity contribution < 1.29 is 10.2 Å². The van der Waals surface area contributed by atoms with Crippen LogP contribution in [0.4, 0.5) is 0 Å². The molecule has 0 saturated heterocycles. The largest absolute Gasteiger partial charge is 0.508 e. The van der Waals surface area contributed by atoms with Crippen LogP contribution in [-0.4, -0.2) is 22.9 Å². The summed E-state index contributed by atoms with van der Waals surface area (Å²) in [6.07, 6.45) is 0.493. The van der Waals surface area contributed by atoms with E-state index in [-0.39, 0.29) is 17.9 Å². The van der Waals surface area contributed by atoms with Gasteiger partial charge in [-0.3, -0.25) is 0 Å². The van der Waals surface area contributed by atoms with E-state index in [1.807, 2.05) is 12.1 Å². The van der Waals surface area contributed by atoms with Gasteiger partial charge in [-0.2, -0.15) is 0 Å². The Balaban J connectivity index is 2.40. The third kappa shape index (κ3) is 4.32. The summed E-state index contributed by atoms with van der Waals surface area (Å²) in [5.41, 5.74) is 1.14. The first-order chi connectivity index (χ1) is 7.09. The highest BCUT2D eigenvalue weighted by molar-refractivity contribution is 5.27. The number of hydrogen-bond donors (Lipinski definition) is 3. The topological polar surface area (TPSA) is 52.5 Å². The van der Waals surface area contributed by atoms with Gasteiger partial charge in [-0.15, -0.1) is 0 Å². The number of rotatable bonds is 5. The summed E-state index contributed by atoms with van der Waals surface area (Å²) >= 11 is 0. The van der Waals surface area contributed by atoms with Crippen LogP contribution in [0.1, 0.15) is 31.9 Å². The van der Waals surface area contributed by atoms with Gasteiger partial charge in [0.25, 0.3) is 0 Å². The van der Waals surface area contributed by atoms with Gasteiger partial charge in [0.2, 0.25) is 0 Å². The van der Waals surface area contributed by atoms with E-state index in [1.54, 1.807) is 19.1 Å². The Kier molecular flexibility index (Phi) is 4.59. The molecule has 2 unspecified atom stereocenters. The van der Waals surface area contributed by atoms with Crippen molar-refractivity contribution in [3.05, 3.63) is 29.8 Å². The first-order valence-corrected chi connectivity index (χ1v) is 5.30. The molecule has 15 heavy (non-hydrogen) atoms. The molecule has 1 rings (SSSR count). The summed E-state index contributed by atoms with van der Waals surface area (Å²) in [6, 6.07) is 7.40. The zero-order valence-corrected chi connectivity index (χ0v) is 9.27. The van der Waals surface area contributed by atoms with Crippen LogP contribution in [-0.2, 0) is 0 Å². The molecule has 0 aliphatic heterocycles. The average Bonchev–Trinajstić information content (AvgIpc) is 2.18. The van der Waals surface area contributed by atoms with Crippen LogP contribution in [0.2, 0.25) is 0 Å². The van der Waals surface area contributed by atoms with Crippen LogP contribution >= 0.6 is 0 Å². The van der Waals surface area contributed by atoms with Gasteiger partial charge in [-0.05, 0) is 44.5 Å². The molecule has 0 radical (unpaired) electrons. The third-order valence-corrected chi connectivity index (χ3v) is 2.41. The van der Waals surface area contributed by atoms with Gasteiger partial charge in [-0.25, -0.2) is 0 Å². The van der Waals surface area contributed by atoms with E-state index in [0.717, 1.165) is 18.5 Å². The fourth-order valence-corrected chi connectivity index (χ4v) is 1.39. The molecule has 0 saturated carbocycles. The predicted molar refractivity (Wildman–Crippen MR) is 60.8 cm³/mol. The fourth-order valence-electron chi connectivity index (χ4n) is 1.39. The van der Waals surface area contributed by atoms with Gasteiger partial charge >= 0.3 is 0 Å². The van der Waals surface area contributed by atoms with Crippen molar-refractivity contribution in [3.63, 3.8) is 0 Å². The molecule has 1 aromatic rings. The van der Waals surface area contributed by atoms with Gasteiger partial charge in [0, 0.05) is 6.04 Å². The summed E-state index contributed by atoms with van der Waals surface area (Å²) in [6.45, 7) is 4.64. The van der Waals surface area contributed by atoms with Crippen LogP contribution in [0.25, 0.3) is 0 Å². The Morgan fingerprint density at radius 1 is 1.20 bits per heavy atom. The van der Waals surface area contributed by atoms with Crippen molar-refractivity contribution in [2.75, 3.05) is 6.54 Å². The van der Waals surface area contributed by atoms with Crippen LogP contribution in [0, 0.1) is 0 Å². The number of nitrogens with one attached hydrogen (secondary N) is 1. The smallest absolute Gasteiger partial charge is 0.115 e. The van der Waals surface area contributed by atoms with Crippen molar-refractivity contribution >= 4 is 0 Å². The quantitative estimate of drug-likeness (QED) is 0.693. The number of aliphatic hydroxyl groups is 1. The lowest BCUT2D eigenvalue weighted by Gasteiger charge is -2.14. The predicted octanol–water partition coefficient (Wildman–Crippen LogP) is 1.81. The zero-order chi connectivity index (χ0) is 11.3. The molecule has 0 aromatic heterocycles. The van der Waals surface area contributed by atoms with Crippen LogP contribution in [0.3, 0.4) is 0 Å². The lowest BCUT2D eigenvalue weighted by molar-refractivity contribution is 0.182. The van der Waals surface area contributed by atoms with Crippen LogP contribution < -0.4 is 5.32 Å². The number of phenolic OH excluding ortho intramolecular Hbond substituents is 1. The molecule has 0 aliphatic rings. The summed E-state index contributed by atoms with van der Waals surface area (Å²) in [5, 5.41) is 21.5. The second-order valence-electron chi connectivity index (χ2n) is 3.91. The molecule has 2 atom stereocenters. The number of aromatic hydroxyl groups is 1. The molecular weight excluding hydrogens is 190 g/mol. The van der Waals surface area contributed by atoms with E-state index in [1.165, 1.54) is 0 Å². The summed E-state index contributed by atoms with van der Waals surface area (Å²) in [4.78, 5) is 0. The number of hydrogen-bond acceptors (Lipinski definition) is 3. The minimum Gasteiger partial charge on any atom is -0.508 e. The summed E-state index contributed by atoms with van der Waals surface area (Å²) < 4.78 is 0. The lowest BCUT2D eigenvalue weighted by Crippen LogP contribution is -2.22. The maximum absolute atomic E-state index is 9.13. The van der Waals surface area contributed by atoms with Gasteiger partial charge in [0.1, 0.15) is 5.75 Å². The number of aliphatic hydroxyl groups excluding tert-OH is 1. The van der Waals surface area contributed by atoms with E-state index in [4.69, 9.17) is 10.2 Å². The Morgan fingerprint density at radius 2 is 1.80 bits per heavy atom. The lowest BCUT2D eigenvalue weighted by atomic mass is 10.1. The average molecular weight is 209 g/mol. The van der Waals surface area contributed by atoms with Gasteiger partial charge in [-0.1, -0.05) is 12.1 Å². The van der Waals surface area contributed by atoms with Gasteiger partial charge in [0.15, 0.2) is 0 Å². The minimum atomic E-state index is -0.260. The Bertz CT molecular complexity index is 282. The zero-order valence-electron chi connectivity index (χ0n) is 9.27. The summed E-state index contributed by atoms with van der Waals surface area (Å²) in [7, 11) is 0. The maximum atomic E-state index is 9.13. The maximum Gasteiger partial charge on any atom is 0.115 e. The highest BCUT2D eigenvalue weighted by atomic mass is 16.3. The molecule has 3 N–H and O–H groups in total. The van der Waals surface area contributed by atoms with E-state index < -0.39 is 0 Å². The highest BCUT2D eigenvalue weighted by Crippen LogP contribution is 2.16. The molecule has 0 bridgehead atoms. The van der Waals surface area contributed by atoms with Crippen molar-refractivity contribution in [3.8, 4) is 5.75 Å². The third-order valence-electron chi connectivity index (χ3n) is 2.41. The van der Waals surface area contributed by atoms with Gasteiger partial charge < -0.3 is 15.5 Å². The molecule has 0 fully saturated rings. The van der Waals surface area contributed by atoms with Crippen LogP contribution in [0.15, 0.2) is 24.3 Å². The second kappa shape index (κ2) is 5.73. The SMILES string of the molecule is CC(O)CCNC(C)c1ccc(O)cc1. The summed E-state index contributed by atoms with van der Waals surface area (Å²) in [5.74, 6) is 0.287. The van der Waals surface area contributed by atoms with Crippen molar-refractivity contribution in [1.82, 2.24) is 5.32 Å². The molecule has 0 aliphatic carbocycles. The van der Waals surface area contributed by atoms with E-state index in [9.17, 15) is 0 Å². The molecule has 0 spiro atoms.